The van der Waals surface area contributed by atoms with Crippen molar-refractivity contribution in [1.29, 1.82) is 0 Å². The fraction of sp³-hybridized carbons (Fsp3) is 0.500. The second kappa shape index (κ2) is 6.52. The van der Waals surface area contributed by atoms with Crippen LogP contribution in [0.15, 0.2) is 30.3 Å². The molecule has 0 aliphatic rings. The molecule has 0 spiro atoms. The standard InChI is InChI=1S/C14H22N2O2/c1-3-9-14(2,15)13(18)16-12(10-17)11-7-5-4-6-8-11/h4-8,12,17H,3,9-10,15H2,1-2H3,(H,16,18)/t12-,14?/m0/s1. The van der Waals surface area contributed by atoms with Gasteiger partial charge in [0.2, 0.25) is 5.91 Å². The van der Waals surface area contributed by atoms with Gasteiger partial charge in [-0.25, -0.2) is 0 Å². The van der Waals surface area contributed by atoms with Crippen LogP contribution in [0.2, 0.25) is 0 Å². The van der Waals surface area contributed by atoms with Gasteiger partial charge in [-0.2, -0.15) is 0 Å². The van der Waals surface area contributed by atoms with Crippen molar-refractivity contribution in [3.05, 3.63) is 35.9 Å². The monoisotopic (exact) mass is 250 g/mol. The second-order valence-electron chi connectivity index (χ2n) is 4.79. The van der Waals surface area contributed by atoms with Gasteiger partial charge >= 0.3 is 0 Å². The van der Waals surface area contributed by atoms with E-state index in [1.165, 1.54) is 0 Å². The predicted molar refractivity (Wildman–Crippen MR) is 71.9 cm³/mol. The zero-order chi connectivity index (χ0) is 13.6. The van der Waals surface area contributed by atoms with Crippen molar-refractivity contribution in [1.82, 2.24) is 5.32 Å². The van der Waals surface area contributed by atoms with Crippen LogP contribution in [0.5, 0.6) is 0 Å². The van der Waals surface area contributed by atoms with E-state index in [0.717, 1.165) is 12.0 Å². The molecule has 1 amide bonds. The lowest BCUT2D eigenvalue weighted by Gasteiger charge is -2.26. The van der Waals surface area contributed by atoms with Crippen molar-refractivity contribution in [2.24, 2.45) is 5.73 Å². The van der Waals surface area contributed by atoms with Crippen LogP contribution in [0.1, 0.15) is 38.3 Å². The molecule has 1 unspecified atom stereocenters. The first-order chi connectivity index (χ1) is 8.51. The Hall–Kier alpha value is -1.39. The molecule has 1 rings (SSSR count). The summed E-state index contributed by atoms with van der Waals surface area (Å²) < 4.78 is 0. The average molecular weight is 250 g/mol. The molecule has 0 bridgehead atoms. The second-order valence-corrected chi connectivity index (χ2v) is 4.79. The van der Waals surface area contributed by atoms with E-state index in [2.05, 4.69) is 5.32 Å². The highest BCUT2D eigenvalue weighted by atomic mass is 16.3. The molecule has 0 saturated heterocycles. The van der Waals surface area contributed by atoms with Crippen molar-refractivity contribution < 1.29 is 9.90 Å². The maximum absolute atomic E-state index is 12.1. The smallest absolute Gasteiger partial charge is 0.240 e. The lowest BCUT2D eigenvalue weighted by molar-refractivity contribution is -0.127. The zero-order valence-electron chi connectivity index (χ0n) is 11.0. The Morgan fingerprint density at radius 1 is 1.44 bits per heavy atom. The number of hydrogen-bond acceptors (Lipinski definition) is 3. The van der Waals surface area contributed by atoms with Crippen LogP contribution < -0.4 is 11.1 Å². The first-order valence-corrected chi connectivity index (χ1v) is 6.27. The van der Waals surface area contributed by atoms with Gasteiger partial charge in [0, 0.05) is 0 Å². The third-order valence-corrected chi connectivity index (χ3v) is 2.98. The van der Waals surface area contributed by atoms with Gasteiger partial charge in [-0.15, -0.1) is 0 Å². The van der Waals surface area contributed by atoms with E-state index in [4.69, 9.17) is 5.73 Å². The molecule has 0 aromatic heterocycles. The molecule has 100 valence electrons. The molecule has 2 atom stereocenters. The summed E-state index contributed by atoms with van der Waals surface area (Å²) in [5.41, 5.74) is 5.94. The van der Waals surface area contributed by atoms with Crippen molar-refractivity contribution in [2.75, 3.05) is 6.61 Å². The van der Waals surface area contributed by atoms with Gasteiger partial charge in [-0.05, 0) is 18.9 Å². The number of aliphatic hydroxyl groups is 1. The number of aliphatic hydroxyl groups excluding tert-OH is 1. The van der Waals surface area contributed by atoms with E-state index in [0.29, 0.717) is 6.42 Å². The highest BCUT2D eigenvalue weighted by Crippen LogP contribution is 2.15. The molecule has 1 aromatic carbocycles. The molecule has 4 nitrogen and oxygen atoms in total. The molecule has 4 heteroatoms. The molecule has 0 fully saturated rings. The van der Waals surface area contributed by atoms with E-state index in [1.54, 1.807) is 6.92 Å². The van der Waals surface area contributed by atoms with Crippen molar-refractivity contribution in [2.45, 2.75) is 38.3 Å². The van der Waals surface area contributed by atoms with E-state index in [1.807, 2.05) is 37.3 Å². The SMILES string of the molecule is CCCC(C)(N)C(=O)N[C@@H](CO)c1ccccc1. The van der Waals surface area contributed by atoms with Gasteiger partial charge in [0.05, 0.1) is 18.2 Å². The van der Waals surface area contributed by atoms with Gasteiger partial charge in [-0.3, -0.25) is 4.79 Å². The van der Waals surface area contributed by atoms with Gasteiger partial charge < -0.3 is 16.2 Å². The Labute approximate surface area is 108 Å². The molecular formula is C14H22N2O2. The Morgan fingerprint density at radius 2 is 2.06 bits per heavy atom. The number of hydrogen-bond donors (Lipinski definition) is 3. The summed E-state index contributed by atoms with van der Waals surface area (Å²) in [5, 5.41) is 12.2. The summed E-state index contributed by atoms with van der Waals surface area (Å²) in [6.07, 6.45) is 1.46. The third kappa shape index (κ3) is 3.82. The minimum absolute atomic E-state index is 0.141. The van der Waals surface area contributed by atoms with Crippen LogP contribution in [0.3, 0.4) is 0 Å². The maximum Gasteiger partial charge on any atom is 0.240 e. The van der Waals surface area contributed by atoms with Crippen molar-refractivity contribution >= 4 is 5.91 Å². The summed E-state index contributed by atoms with van der Waals surface area (Å²) in [7, 11) is 0. The van der Waals surface area contributed by atoms with Gasteiger partial charge in [0.25, 0.3) is 0 Å². The minimum atomic E-state index is -0.892. The van der Waals surface area contributed by atoms with Gasteiger partial charge in [-0.1, -0.05) is 43.7 Å². The fourth-order valence-electron chi connectivity index (χ4n) is 1.88. The molecule has 0 radical (unpaired) electrons. The highest BCUT2D eigenvalue weighted by Gasteiger charge is 2.29. The van der Waals surface area contributed by atoms with E-state index >= 15 is 0 Å². The van der Waals surface area contributed by atoms with E-state index in [9.17, 15) is 9.90 Å². The summed E-state index contributed by atoms with van der Waals surface area (Å²) in [6.45, 7) is 3.56. The Balaban J connectivity index is 2.73. The van der Waals surface area contributed by atoms with E-state index in [-0.39, 0.29) is 12.5 Å². The Bertz CT molecular complexity index is 377. The quantitative estimate of drug-likeness (QED) is 0.713. The topological polar surface area (TPSA) is 75.4 Å². The largest absolute Gasteiger partial charge is 0.394 e. The summed E-state index contributed by atoms with van der Waals surface area (Å²) in [5.74, 6) is -0.229. The number of carbonyl (C=O) groups is 1. The molecule has 0 heterocycles. The number of carbonyl (C=O) groups excluding carboxylic acids is 1. The molecule has 0 aliphatic carbocycles. The number of benzene rings is 1. The molecule has 18 heavy (non-hydrogen) atoms. The molecule has 1 aromatic rings. The number of amides is 1. The first-order valence-electron chi connectivity index (χ1n) is 6.27. The normalized spacial score (nSPS) is 15.8. The first kappa shape index (κ1) is 14.7. The number of nitrogens with one attached hydrogen (secondary N) is 1. The fourth-order valence-corrected chi connectivity index (χ4v) is 1.88. The lowest BCUT2D eigenvalue weighted by Crippen LogP contribution is -2.52. The predicted octanol–water partition coefficient (Wildman–Crippen LogP) is 1.35. The number of nitrogens with two attached hydrogens (primary N) is 1. The molecular weight excluding hydrogens is 228 g/mol. The molecule has 4 N–H and O–H groups in total. The van der Waals surface area contributed by atoms with Crippen LogP contribution in [0.25, 0.3) is 0 Å². The summed E-state index contributed by atoms with van der Waals surface area (Å²) >= 11 is 0. The molecule has 0 saturated carbocycles. The van der Waals surface area contributed by atoms with Gasteiger partial charge in [0.15, 0.2) is 0 Å². The van der Waals surface area contributed by atoms with Crippen LogP contribution in [-0.2, 0) is 4.79 Å². The zero-order valence-corrected chi connectivity index (χ0v) is 11.0. The Morgan fingerprint density at radius 3 is 2.56 bits per heavy atom. The van der Waals surface area contributed by atoms with Crippen LogP contribution in [-0.4, -0.2) is 23.2 Å². The van der Waals surface area contributed by atoms with Crippen LogP contribution in [0, 0.1) is 0 Å². The highest BCUT2D eigenvalue weighted by molar-refractivity contribution is 5.85. The lowest BCUT2D eigenvalue weighted by atomic mass is 9.95. The Kier molecular flexibility index (Phi) is 5.31. The minimum Gasteiger partial charge on any atom is -0.394 e. The summed E-state index contributed by atoms with van der Waals surface area (Å²) in [6, 6.07) is 8.97. The van der Waals surface area contributed by atoms with E-state index < -0.39 is 11.6 Å². The number of rotatable bonds is 6. The summed E-state index contributed by atoms with van der Waals surface area (Å²) in [4.78, 5) is 12.1. The third-order valence-electron chi connectivity index (χ3n) is 2.98. The van der Waals surface area contributed by atoms with Crippen molar-refractivity contribution in [3.8, 4) is 0 Å². The molecule has 0 aliphatic heterocycles. The average Bonchev–Trinajstić information content (AvgIpc) is 2.36. The van der Waals surface area contributed by atoms with Gasteiger partial charge in [0.1, 0.15) is 0 Å². The maximum atomic E-state index is 12.1. The van der Waals surface area contributed by atoms with Crippen LogP contribution in [0.4, 0.5) is 0 Å². The van der Waals surface area contributed by atoms with Crippen molar-refractivity contribution in [3.63, 3.8) is 0 Å². The van der Waals surface area contributed by atoms with Crippen LogP contribution >= 0.6 is 0 Å².